The average Bonchev–Trinajstić information content (AvgIpc) is 3.26. The number of guanidine groups is 1. The van der Waals surface area contributed by atoms with Gasteiger partial charge >= 0.3 is 0 Å². The number of likely N-dealkylation sites (N-methyl/N-ethyl adjacent to an activating group) is 1. The maximum Gasteiger partial charge on any atom is 0.243 e. The molecule has 31 heavy (non-hydrogen) atoms. The van der Waals surface area contributed by atoms with Gasteiger partial charge in [0.15, 0.2) is 5.96 Å². The molecule has 1 aliphatic rings. The van der Waals surface area contributed by atoms with Crippen LogP contribution in [0.1, 0.15) is 17.5 Å². The molecule has 0 bridgehead atoms. The second kappa shape index (κ2) is 12.1. The van der Waals surface area contributed by atoms with Crippen molar-refractivity contribution in [1.29, 1.82) is 0 Å². The summed E-state index contributed by atoms with van der Waals surface area (Å²) in [5.41, 5.74) is 2.48. The lowest BCUT2D eigenvalue weighted by atomic mass is 10.1. The Kier molecular flexibility index (Phi) is 8.91. The Labute approximate surface area is 185 Å². The predicted molar refractivity (Wildman–Crippen MR) is 125 cm³/mol. The molecule has 1 heterocycles. The zero-order chi connectivity index (χ0) is 21.9. The highest BCUT2D eigenvalue weighted by molar-refractivity contribution is 5.85. The van der Waals surface area contributed by atoms with E-state index in [1.165, 1.54) is 11.1 Å². The van der Waals surface area contributed by atoms with Crippen LogP contribution in [0.3, 0.4) is 0 Å². The Morgan fingerprint density at radius 3 is 2.45 bits per heavy atom. The lowest BCUT2D eigenvalue weighted by Gasteiger charge is -2.22. The highest BCUT2D eigenvalue weighted by atomic mass is 16.5. The summed E-state index contributed by atoms with van der Waals surface area (Å²) in [5, 5.41) is 3.47. The zero-order valence-electron chi connectivity index (χ0n) is 18.7. The van der Waals surface area contributed by atoms with Gasteiger partial charge in [0.2, 0.25) is 5.91 Å². The fourth-order valence-electron chi connectivity index (χ4n) is 3.59. The molecule has 0 aromatic heterocycles. The van der Waals surface area contributed by atoms with Crippen molar-refractivity contribution in [1.82, 2.24) is 15.1 Å². The minimum Gasteiger partial charge on any atom is -0.376 e. The Hall–Kier alpha value is -2.86. The normalized spacial score (nSPS) is 16.4. The molecule has 0 radical (unpaired) electrons. The molecule has 6 nitrogen and oxygen atoms in total. The number of carbonyl (C=O) groups is 1. The molecule has 1 N–H and O–H groups in total. The van der Waals surface area contributed by atoms with Gasteiger partial charge < -0.3 is 19.9 Å². The molecule has 1 atom stereocenters. The highest BCUT2D eigenvalue weighted by Crippen LogP contribution is 2.17. The molecule has 0 aliphatic carbocycles. The standard InChI is InChI=1S/C25H34N4O2/c1-28(2)24(30)17-27-25(26-15-13-21-9-5-3-6-10-21)29-16-14-23(18-29)20-31-19-22-11-7-4-8-12-22/h3-12,23H,13-20H2,1-2H3,(H,26,27). The largest absolute Gasteiger partial charge is 0.376 e. The second-order valence-corrected chi connectivity index (χ2v) is 8.19. The topological polar surface area (TPSA) is 57.2 Å². The predicted octanol–water partition coefficient (Wildman–Crippen LogP) is 2.80. The van der Waals surface area contributed by atoms with Gasteiger partial charge in [0.05, 0.1) is 13.2 Å². The molecule has 6 heteroatoms. The molecule has 1 amide bonds. The van der Waals surface area contributed by atoms with Gasteiger partial charge in [0.1, 0.15) is 6.54 Å². The van der Waals surface area contributed by atoms with Gasteiger partial charge in [-0.1, -0.05) is 60.7 Å². The molecule has 0 saturated carbocycles. The molecule has 2 aromatic rings. The van der Waals surface area contributed by atoms with E-state index in [4.69, 9.17) is 4.74 Å². The van der Waals surface area contributed by atoms with Crippen molar-refractivity contribution in [2.24, 2.45) is 10.9 Å². The van der Waals surface area contributed by atoms with Gasteiger partial charge in [-0.25, -0.2) is 4.99 Å². The molecule has 1 unspecified atom stereocenters. The number of ether oxygens (including phenoxy) is 1. The number of amides is 1. The third-order valence-electron chi connectivity index (χ3n) is 5.45. The Bertz CT molecular complexity index is 824. The van der Waals surface area contributed by atoms with Crippen LogP contribution in [-0.4, -0.2) is 68.5 Å². The van der Waals surface area contributed by atoms with E-state index in [-0.39, 0.29) is 12.5 Å². The maximum atomic E-state index is 12.1. The van der Waals surface area contributed by atoms with Crippen molar-refractivity contribution in [3.05, 3.63) is 71.8 Å². The Morgan fingerprint density at radius 2 is 1.77 bits per heavy atom. The number of hydrogen-bond donors (Lipinski definition) is 1. The van der Waals surface area contributed by atoms with E-state index < -0.39 is 0 Å². The number of nitrogens with zero attached hydrogens (tertiary/aromatic N) is 3. The zero-order valence-corrected chi connectivity index (χ0v) is 18.7. The van der Waals surface area contributed by atoms with Crippen molar-refractivity contribution < 1.29 is 9.53 Å². The third kappa shape index (κ3) is 7.72. The van der Waals surface area contributed by atoms with Gasteiger partial charge in [-0.05, 0) is 24.0 Å². The molecule has 1 aliphatic heterocycles. The lowest BCUT2D eigenvalue weighted by Crippen LogP contribution is -2.42. The van der Waals surface area contributed by atoms with E-state index in [0.717, 1.165) is 45.0 Å². The summed E-state index contributed by atoms with van der Waals surface area (Å²) < 4.78 is 5.95. The molecule has 2 aromatic carbocycles. The van der Waals surface area contributed by atoms with Crippen LogP contribution < -0.4 is 5.32 Å². The second-order valence-electron chi connectivity index (χ2n) is 8.19. The summed E-state index contributed by atoms with van der Waals surface area (Å²) in [6.45, 7) is 4.14. The minimum absolute atomic E-state index is 0.00398. The lowest BCUT2D eigenvalue weighted by molar-refractivity contribution is -0.127. The number of aliphatic imine (C=N–C) groups is 1. The Balaban J connectivity index is 1.51. The number of carbonyl (C=O) groups excluding carboxylic acids is 1. The van der Waals surface area contributed by atoms with Crippen LogP contribution >= 0.6 is 0 Å². The summed E-state index contributed by atoms with van der Waals surface area (Å²) in [5.74, 6) is 1.29. The van der Waals surface area contributed by atoms with E-state index in [0.29, 0.717) is 12.5 Å². The quantitative estimate of drug-likeness (QED) is 0.499. The fraction of sp³-hybridized carbons (Fsp3) is 0.440. The molecule has 1 fully saturated rings. The van der Waals surface area contributed by atoms with Crippen molar-refractivity contribution >= 4 is 11.9 Å². The van der Waals surface area contributed by atoms with E-state index in [2.05, 4.69) is 51.6 Å². The van der Waals surface area contributed by atoms with Crippen LogP contribution in [-0.2, 0) is 22.6 Å². The van der Waals surface area contributed by atoms with E-state index in [9.17, 15) is 4.79 Å². The first-order chi connectivity index (χ1) is 15.1. The van der Waals surface area contributed by atoms with Gasteiger partial charge in [-0.15, -0.1) is 0 Å². The number of rotatable bonds is 9. The first-order valence-corrected chi connectivity index (χ1v) is 11.0. The van der Waals surface area contributed by atoms with Crippen LogP contribution in [0.15, 0.2) is 65.7 Å². The van der Waals surface area contributed by atoms with Crippen molar-refractivity contribution in [2.75, 3.05) is 46.9 Å². The molecular weight excluding hydrogens is 388 g/mol. The SMILES string of the molecule is CN(C)C(=O)CN=C(NCCc1ccccc1)N1CCC(COCc2ccccc2)C1. The van der Waals surface area contributed by atoms with Crippen molar-refractivity contribution in [3.8, 4) is 0 Å². The molecule has 1 saturated heterocycles. The first-order valence-electron chi connectivity index (χ1n) is 11.0. The average molecular weight is 423 g/mol. The summed E-state index contributed by atoms with van der Waals surface area (Å²) in [4.78, 5) is 20.5. The molecule has 166 valence electrons. The monoisotopic (exact) mass is 422 g/mol. The number of nitrogens with one attached hydrogen (secondary N) is 1. The van der Waals surface area contributed by atoms with Crippen LogP contribution in [0.2, 0.25) is 0 Å². The smallest absolute Gasteiger partial charge is 0.243 e. The molecular formula is C25H34N4O2. The van der Waals surface area contributed by atoms with Crippen LogP contribution in [0.25, 0.3) is 0 Å². The van der Waals surface area contributed by atoms with Crippen LogP contribution in [0, 0.1) is 5.92 Å². The summed E-state index contributed by atoms with van der Waals surface area (Å²) in [6, 6.07) is 20.7. The van der Waals surface area contributed by atoms with Gasteiger partial charge in [0, 0.05) is 39.6 Å². The summed E-state index contributed by atoms with van der Waals surface area (Å²) >= 11 is 0. The van der Waals surface area contributed by atoms with E-state index in [1.54, 1.807) is 19.0 Å². The first kappa shape index (κ1) is 22.8. The van der Waals surface area contributed by atoms with Crippen LogP contribution in [0.5, 0.6) is 0 Å². The Morgan fingerprint density at radius 1 is 1.10 bits per heavy atom. The van der Waals surface area contributed by atoms with Gasteiger partial charge in [-0.3, -0.25) is 4.79 Å². The fourth-order valence-corrected chi connectivity index (χ4v) is 3.59. The number of hydrogen-bond acceptors (Lipinski definition) is 3. The molecule has 0 spiro atoms. The number of benzene rings is 2. The maximum absolute atomic E-state index is 12.1. The van der Waals surface area contributed by atoms with Gasteiger partial charge in [0.25, 0.3) is 0 Å². The number of likely N-dealkylation sites (tertiary alicyclic amines) is 1. The van der Waals surface area contributed by atoms with E-state index in [1.807, 2.05) is 24.3 Å². The van der Waals surface area contributed by atoms with E-state index >= 15 is 0 Å². The highest BCUT2D eigenvalue weighted by Gasteiger charge is 2.25. The van der Waals surface area contributed by atoms with Crippen molar-refractivity contribution in [2.45, 2.75) is 19.4 Å². The minimum atomic E-state index is 0.00398. The third-order valence-corrected chi connectivity index (χ3v) is 5.45. The van der Waals surface area contributed by atoms with Gasteiger partial charge in [-0.2, -0.15) is 0 Å². The molecule has 3 rings (SSSR count). The van der Waals surface area contributed by atoms with Crippen molar-refractivity contribution in [3.63, 3.8) is 0 Å². The summed E-state index contributed by atoms with van der Waals surface area (Å²) in [6.07, 6.45) is 1.98. The summed E-state index contributed by atoms with van der Waals surface area (Å²) in [7, 11) is 3.52. The van der Waals surface area contributed by atoms with Crippen LogP contribution in [0.4, 0.5) is 0 Å².